The number of aromatic hydroxyl groups is 1. The zero-order chi connectivity index (χ0) is 15.7. The SMILES string of the molecule is Cc1cccc(/C=N/c2c(F)c(F)c(F)c(F)c2F)c1O. The Bertz CT molecular complexity index is 714. The van der Waals surface area contributed by atoms with Crippen LogP contribution in [0.4, 0.5) is 27.6 Å². The number of halogens is 5. The predicted octanol–water partition coefficient (Wildman–Crippen LogP) is 4.15. The molecule has 1 N–H and O–H groups in total. The van der Waals surface area contributed by atoms with Crippen LogP contribution < -0.4 is 0 Å². The Balaban J connectivity index is 2.54. The summed E-state index contributed by atoms with van der Waals surface area (Å²) in [6.45, 7) is 1.57. The number of aryl methyl sites for hydroxylation is 1. The molecule has 0 radical (unpaired) electrons. The van der Waals surface area contributed by atoms with Crippen LogP contribution in [0.5, 0.6) is 5.75 Å². The van der Waals surface area contributed by atoms with Crippen molar-refractivity contribution in [2.45, 2.75) is 6.92 Å². The highest BCUT2D eigenvalue weighted by atomic mass is 19.2. The highest BCUT2D eigenvalue weighted by molar-refractivity contribution is 5.86. The zero-order valence-electron chi connectivity index (χ0n) is 10.6. The molecule has 0 aliphatic carbocycles. The van der Waals surface area contributed by atoms with Gasteiger partial charge in [0.15, 0.2) is 23.3 Å². The van der Waals surface area contributed by atoms with Gasteiger partial charge in [0.1, 0.15) is 11.4 Å². The summed E-state index contributed by atoms with van der Waals surface area (Å²) in [5, 5.41) is 9.68. The first-order valence-corrected chi connectivity index (χ1v) is 5.68. The van der Waals surface area contributed by atoms with Gasteiger partial charge in [0, 0.05) is 11.8 Å². The van der Waals surface area contributed by atoms with Crippen molar-refractivity contribution in [3.63, 3.8) is 0 Å². The fraction of sp³-hybridized carbons (Fsp3) is 0.0714. The van der Waals surface area contributed by atoms with E-state index in [1.807, 2.05) is 0 Å². The third-order valence-electron chi connectivity index (χ3n) is 2.79. The summed E-state index contributed by atoms with van der Waals surface area (Å²) in [6.07, 6.45) is 0.820. The molecular weight excluding hydrogens is 293 g/mol. The average Bonchev–Trinajstić information content (AvgIpc) is 2.47. The molecule has 2 aromatic rings. The van der Waals surface area contributed by atoms with Gasteiger partial charge < -0.3 is 5.11 Å². The van der Waals surface area contributed by atoms with E-state index in [9.17, 15) is 27.1 Å². The molecule has 110 valence electrons. The lowest BCUT2D eigenvalue weighted by atomic mass is 10.1. The van der Waals surface area contributed by atoms with Crippen LogP contribution in [-0.2, 0) is 0 Å². The normalized spacial score (nSPS) is 11.3. The topological polar surface area (TPSA) is 32.6 Å². The van der Waals surface area contributed by atoms with Crippen LogP contribution in [0.2, 0.25) is 0 Å². The number of hydrogen-bond acceptors (Lipinski definition) is 2. The molecular formula is C14H8F5NO. The van der Waals surface area contributed by atoms with Gasteiger partial charge >= 0.3 is 0 Å². The zero-order valence-corrected chi connectivity index (χ0v) is 10.6. The van der Waals surface area contributed by atoms with Gasteiger partial charge in [-0.05, 0) is 18.6 Å². The van der Waals surface area contributed by atoms with Crippen molar-refractivity contribution in [3.8, 4) is 5.75 Å². The van der Waals surface area contributed by atoms with Gasteiger partial charge in [-0.15, -0.1) is 0 Å². The number of nitrogens with zero attached hydrogens (tertiary/aromatic N) is 1. The largest absolute Gasteiger partial charge is 0.507 e. The molecule has 2 nitrogen and oxygen atoms in total. The van der Waals surface area contributed by atoms with Crippen LogP contribution in [0.15, 0.2) is 23.2 Å². The van der Waals surface area contributed by atoms with Crippen LogP contribution in [0.3, 0.4) is 0 Å². The first kappa shape index (κ1) is 15.0. The van der Waals surface area contributed by atoms with E-state index in [1.54, 1.807) is 13.0 Å². The quantitative estimate of drug-likeness (QED) is 0.384. The number of aliphatic imine (C=N–C) groups is 1. The molecule has 2 aromatic carbocycles. The third kappa shape index (κ3) is 2.58. The molecule has 0 unspecified atom stereocenters. The Morgan fingerprint density at radius 1 is 0.905 bits per heavy atom. The molecule has 0 saturated heterocycles. The van der Waals surface area contributed by atoms with Crippen molar-refractivity contribution in [3.05, 3.63) is 58.4 Å². The van der Waals surface area contributed by atoms with E-state index in [-0.39, 0.29) is 11.3 Å². The lowest BCUT2D eigenvalue weighted by Crippen LogP contribution is -2.01. The van der Waals surface area contributed by atoms with Crippen LogP contribution in [-0.4, -0.2) is 11.3 Å². The molecule has 0 bridgehead atoms. The van der Waals surface area contributed by atoms with Crippen molar-refractivity contribution < 1.29 is 27.1 Å². The summed E-state index contributed by atoms with van der Waals surface area (Å²) in [5.41, 5.74) is -0.761. The second-order valence-corrected chi connectivity index (χ2v) is 4.19. The number of hydrogen-bond donors (Lipinski definition) is 1. The molecule has 0 aliphatic heterocycles. The van der Waals surface area contributed by atoms with Gasteiger partial charge in [-0.2, -0.15) is 0 Å². The van der Waals surface area contributed by atoms with Crippen molar-refractivity contribution in [2.24, 2.45) is 4.99 Å². The van der Waals surface area contributed by atoms with Gasteiger partial charge in [-0.25, -0.2) is 26.9 Å². The molecule has 0 aliphatic rings. The predicted molar refractivity (Wildman–Crippen MR) is 66.3 cm³/mol. The first-order chi connectivity index (χ1) is 9.84. The molecule has 0 fully saturated rings. The lowest BCUT2D eigenvalue weighted by molar-refractivity contribution is 0.381. The standard InChI is InChI=1S/C14H8F5NO/c1-6-3-2-4-7(14(6)21)5-20-13-11(18)9(16)8(15)10(17)12(13)19/h2-5,21H,1H3/b20-5+. The highest BCUT2D eigenvalue weighted by Crippen LogP contribution is 2.30. The van der Waals surface area contributed by atoms with Crippen molar-refractivity contribution in [1.82, 2.24) is 0 Å². The number of phenols is 1. The van der Waals surface area contributed by atoms with E-state index in [4.69, 9.17) is 0 Å². The molecule has 0 spiro atoms. The van der Waals surface area contributed by atoms with Crippen LogP contribution in [0.1, 0.15) is 11.1 Å². The van der Waals surface area contributed by atoms with E-state index in [0.717, 1.165) is 6.21 Å². The fourth-order valence-corrected chi connectivity index (χ4v) is 1.63. The summed E-state index contributed by atoms with van der Waals surface area (Å²) in [5.74, 6) is -10.7. The van der Waals surface area contributed by atoms with Gasteiger partial charge in [-0.1, -0.05) is 12.1 Å². The monoisotopic (exact) mass is 301 g/mol. The minimum absolute atomic E-state index is 0.0824. The maximum Gasteiger partial charge on any atom is 0.200 e. The van der Waals surface area contributed by atoms with Crippen molar-refractivity contribution in [2.75, 3.05) is 0 Å². The summed E-state index contributed by atoms with van der Waals surface area (Å²) in [7, 11) is 0. The Labute approximate surface area is 116 Å². The van der Waals surface area contributed by atoms with E-state index in [2.05, 4.69) is 4.99 Å². The molecule has 0 amide bonds. The molecule has 0 saturated carbocycles. The van der Waals surface area contributed by atoms with E-state index < -0.39 is 34.8 Å². The Morgan fingerprint density at radius 2 is 1.43 bits per heavy atom. The molecule has 21 heavy (non-hydrogen) atoms. The van der Waals surface area contributed by atoms with Crippen LogP contribution in [0.25, 0.3) is 0 Å². The summed E-state index contributed by atoms with van der Waals surface area (Å²) in [6, 6.07) is 4.48. The first-order valence-electron chi connectivity index (χ1n) is 5.68. The minimum Gasteiger partial charge on any atom is -0.507 e. The lowest BCUT2D eigenvalue weighted by Gasteiger charge is -2.05. The van der Waals surface area contributed by atoms with Gasteiger partial charge in [0.05, 0.1) is 0 Å². The molecule has 7 heteroatoms. The number of para-hydroxylation sites is 1. The maximum absolute atomic E-state index is 13.4. The van der Waals surface area contributed by atoms with E-state index in [0.29, 0.717) is 5.56 Å². The van der Waals surface area contributed by atoms with Crippen LogP contribution >= 0.6 is 0 Å². The van der Waals surface area contributed by atoms with E-state index in [1.165, 1.54) is 12.1 Å². The van der Waals surface area contributed by atoms with Gasteiger partial charge in [0.2, 0.25) is 5.82 Å². The number of phenolic OH excluding ortho intramolecular Hbond substituents is 1. The summed E-state index contributed by atoms with van der Waals surface area (Å²) < 4.78 is 65.6. The maximum atomic E-state index is 13.4. The molecule has 0 heterocycles. The van der Waals surface area contributed by atoms with Gasteiger partial charge in [0.25, 0.3) is 0 Å². The number of rotatable bonds is 2. The van der Waals surface area contributed by atoms with Crippen molar-refractivity contribution in [1.29, 1.82) is 0 Å². The Morgan fingerprint density at radius 3 is 2.00 bits per heavy atom. The summed E-state index contributed by atoms with van der Waals surface area (Å²) >= 11 is 0. The summed E-state index contributed by atoms with van der Waals surface area (Å²) in [4.78, 5) is 3.26. The second-order valence-electron chi connectivity index (χ2n) is 4.19. The molecule has 0 atom stereocenters. The van der Waals surface area contributed by atoms with Crippen LogP contribution in [0, 0.1) is 36.0 Å². The van der Waals surface area contributed by atoms with E-state index >= 15 is 0 Å². The Hall–Kier alpha value is -2.44. The Kier molecular flexibility index (Phi) is 3.93. The fourth-order valence-electron chi connectivity index (χ4n) is 1.63. The van der Waals surface area contributed by atoms with Crippen molar-refractivity contribution >= 4 is 11.9 Å². The average molecular weight is 301 g/mol. The smallest absolute Gasteiger partial charge is 0.200 e. The minimum atomic E-state index is -2.25. The third-order valence-corrected chi connectivity index (χ3v) is 2.79. The second kappa shape index (κ2) is 5.51. The van der Waals surface area contributed by atoms with Gasteiger partial charge in [-0.3, -0.25) is 0 Å². The number of benzene rings is 2. The molecule has 0 aromatic heterocycles. The molecule has 2 rings (SSSR count). The highest BCUT2D eigenvalue weighted by Gasteiger charge is 2.25.